The first kappa shape index (κ1) is 15.9. The number of carbonyl (C=O) groups excluding carboxylic acids is 1. The van der Waals surface area contributed by atoms with Gasteiger partial charge in [0.05, 0.1) is 0 Å². The number of likely N-dealkylation sites (tertiary alicyclic amines) is 1. The molecular weight excluding hydrogens is 316 g/mol. The summed E-state index contributed by atoms with van der Waals surface area (Å²) in [7, 11) is 0. The van der Waals surface area contributed by atoms with Crippen LogP contribution in [-0.4, -0.2) is 39.0 Å². The zero-order valence-electron chi connectivity index (χ0n) is 14.4. The molecule has 1 aliphatic heterocycles. The average Bonchev–Trinajstić information content (AvgIpc) is 3.26. The van der Waals surface area contributed by atoms with Crippen molar-refractivity contribution in [2.45, 2.75) is 38.5 Å². The van der Waals surface area contributed by atoms with E-state index in [-0.39, 0.29) is 11.8 Å². The molecule has 25 heavy (non-hydrogen) atoms. The molecule has 1 fully saturated rings. The number of piperidine rings is 1. The van der Waals surface area contributed by atoms with E-state index in [1.807, 2.05) is 23.2 Å². The monoisotopic (exact) mass is 338 g/mol. The van der Waals surface area contributed by atoms with Crippen LogP contribution in [0.2, 0.25) is 0 Å². The Bertz CT molecular complexity index is 882. The Morgan fingerprint density at radius 2 is 2.28 bits per heavy atom. The summed E-state index contributed by atoms with van der Waals surface area (Å²) in [5.41, 5.74) is 2.32. The Morgan fingerprint density at radius 1 is 1.40 bits per heavy atom. The molecule has 1 aromatic carbocycles. The number of hydrogen-bond acceptors (Lipinski definition) is 4. The molecule has 2 aromatic heterocycles. The third kappa shape index (κ3) is 3.29. The summed E-state index contributed by atoms with van der Waals surface area (Å²) < 4.78 is 5.08. The van der Waals surface area contributed by atoms with Crippen LogP contribution in [0.5, 0.6) is 0 Å². The molecule has 3 aromatic rings. The number of amides is 1. The first-order valence-corrected chi connectivity index (χ1v) is 8.83. The highest BCUT2D eigenvalue weighted by molar-refractivity contribution is 5.84. The van der Waals surface area contributed by atoms with Crippen LogP contribution in [0.15, 0.2) is 35.0 Å². The Hall–Kier alpha value is -2.63. The molecule has 1 atom stereocenters. The van der Waals surface area contributed by atoms with E-state index in [9.17, 15) is 4.79 Å². The molecule has 1 unspecified atom stereocenters. The van der Waals surface area contributed by atoms with Gasteiger partial charge in [-0.1, -0.05) is 23.4 Å². The Morgan fingerprint density at radius 3 is 3.12 bits per heavy atom. The number of rotatable bonds is 4. The fourth-order valence-electron chi connectivity index (χ4n) is 3.63. The molecule has 0 spiro atoms. The SMILES string of the molecule is Cc1nc(C2CCCN(C(=O)CCc3c[nH]c4ccccc34)C2)no1. The third-order valence-electron chi connectivity index (χ3n) is 4.97. The van der Waals surface area contributed by atoms with Crippen molar-refractivity contribution in [3.8, 4) is 0 Å². The zero-order valence-corrected chi connectivity index (χ0v) is 14.4. The van der Waals surface area contributed by atoms with Crippen molar-refractivity contribution in [3.63, 3.8) is 0 Å². The number of aryl methyl sites for hydroxylation is 2. The molecule has 1 amide bonds. The summed E-state index contributed by atoms with van der Waals surface area (Å²) in [6.45, 7) is 3.30. The Labute approximate surface area is 146 Å². The second-order valence-electron chi connectivity index (χ2n) is 6.71. The van der Waals surface area contributed by atoms with Crippen molar-refractivity contribution < 1.29 is 9.32 Å². The van der Waals surface area contributed by atoms with Crippen molar-refractivity contribution in [1.29, 1.82) is 0 Å². The highest BCUT2D eigenvalue weighted by atomic mass is 16.5. The van der Waals surface area contributed by atoms with Crippen molar-refractivity contribution in [2.24, 2.45) is 0 Å². The number of para-hydroxylation sites is 1. The third-order valence-corrected chi connectivity index (χ3v) is 4.97. The molecule has 3 heterocycles. The maximum atomic E-state index is 12.7. The Balaban J connectivity index is 1.39. The van der Waals surface area contributed by atoms with Crippen LogP contribution in [0, 0.1) is 6.92 Å². The quantitative estimate of drug-likeness (QED) is 0.793. The van der Waals surface area contributed by atoms with Crippen LogP contribution in [0.3, 0.4) is 0 Å². The van der Waals surface area contributed by atoms with Gasteiger partial charge >= 0.3 is 0 Å². The minimum absolute atomic E-state index is 0.184. The molecule has 1 N–H and O–H groups in total. The topological polar surface area (TPSA) is 75.0 Å². The molecular formula is C19H22N4O2. The van der Waals surface area contributed by atoms with Crippen LogP contribution in [0.4, 0.5) is 0 Å². The van der Waals surface area contributed by atoms with E-state index < -0.39 is 0 Å². The lowest BCUT2D eigenvalue weighted by molar-refractivity contribution is -0.132. The molecule has 1 saturated heterocycles. The summed E-state index contributed by atoms with van der Waals surface area (Å²) in [4.78, 5) is 22.2. The van der Waals surface area contributed by atoms with E-state index >= 15 is 0 Å². The van der Waals surface area contributed by atoms with Gasteiger partial charge in [-0.3, -0.25) is 4.79 Å². The maximum absolute atomic E-state index is 12.7. The fourth-order valence-corrected chi connectivity index (χ4v) is 3.63. The molecule has 0 aliphatic carbocycles. The van der Waals surface area contributed by atoms with Gasteiger partial charge in [0.25, 0.3) is 0 Å². The number of nitrogens with one attached hydrogen (secondary N) is 1. The number of fused-ring (bicyclic) bond motifs is 1. The first-order chi connectivity index (χ1) is 12.2. The zero-order chi connectivity index (χ0) is 17.2. The van der Waals surface area contributed by atoms with Crippen molar-refractivity contribution >= 4 is 16.8 Å². The van der Waals surface area contributed by atoms with E-state index in [1.165, 1.54) is 10.9 Å². The standard InChI is InChI=1S/C19H22N4O2/c1-13-21-19(22-25-13)15-5-4-10-23(12-15)18(24)9-8-14-11-20-17-7-3-2-6-16(14)17/h2-3,6-7,11,15,20H,4-5,8-10,12H2,1H3. The molecule has 4 rings (SSSR count). The fraction of sp³-hybridized carbons (Fsp3) is 0.421. The number of aromatic nitrogens is 3. The summed E-state index contributed by atoms with van der Waals surface area (Å²) >= 11 is 0. The van der Waals surface area contributed by atoms with Gasteiger partial charge in [-0.25, -0.2) is 0 Å². The van der Waals surface area contributed by atoms with Crippen molar-refractivity contribution in [1.82, 2.24) is 20.0 Å². The van der Waals surface area contributed by atoms with E-state index in [2.05, 4.69) is 27.3 Å². The molecule has 6 heteroatoms. The number of nitrogens with zero attached hydrogens (tertiary/aromatic N) is 3. The largest absolute Gasteiger partial charge is 0.361 e. The lowest BCUT2D eigenvalue weighted by Gasteiger charge is -2.31. The van der Waals surface area contributed by atoms with E-state index in [0.29, 0.717) is 18.9 Å². The number of carbonyl (C=O) groups is 1. The Kier molecular flexibility index (Phi) is 4.26. The predicted molar refractivity (Wildman–Crippen MR) is 94.2 cm³/mol. The number of H-pyrrole nitrogens is 1. The van der Waals surface area contributed by atoms with Crippen LogP contribution in [-0.2, 0) is 11.2 Å². The maximum Gasteiger partial charge on any atom is 0.223 e. The minimum Gasteiger partial charge on any atom is -0.361 e. The van der Waals surface area contributed by atoms with Gasteiger partial charge in [-0.2, -0.15) is 4.98 Å². The molecule has 6 nitrogen and oxygen atoms in total. The molecule has 0 radical (unpaired) electrons. The van der Waals surface area contributed by atoms with Crippen LogP contribution in [0.1, 0.15) is 42.5 Å². The molecule has 0 bridgehead atoms. The second-order valence-corrected chi connectivity index (χ2v) is 6.71. The molecule has 130 valence electrons. The van der Waals surface area contributed by atoms with Crippen molar-refractivity contribution in [3.05, 3.63) is 47.7 Å². The summed E-state index contributed by atoms with van der Waals surface area (Å²) in [6.07, 6.45) is 5.28. The van der Waals surface area contributed by atoms with Gasteiger partial charge in [-0.15, -0.1) is 0 Å². The smallest absolute Gasteiger partial charge is 0.223 e. The lowest BCUT2D eigenvalue weighted by Crippen LogP contribution is -2.39. The van der Waals surface area contributed by atoms with Gasteiger partial charge < -0.3 is 14.4 Å². The highest BCUT2D eigenvalue weighted by Gasteiger charge is 2.27. The van der Waals surface area contributed by atoms with Crippen molar-refractivity contribution in [2.75, 3.05) is 13.1 Å². The van der Waals surface area contributed by atoms with Crippen LogP contribution in [0.25, 0.3) is 10.9 Å². The van der Waals surface area contributed by atoms with Crippen LogP contribution < -0.4 is 0 Å². The lowest BCUT2D eigenvalue weighted by atomic mass is 9.97. The van der Waals surface area contributed by atoms with Gasteiger partial charge in [-0.05, 0) is 30.9 Å². The van der Waals surface area contributed by atoms with E-state index in [0.717, 1.165) is 37.1 Å². The molecule has 0 saturated carbocycles. The number of benzene rings is 1. The first-order valence-electron chi connectivity index (χ1n) is 8.83. The number of hydrogen-bond donors (Lipinski definition) is 1. The predicted octanol–water partition coefficient (Wildman–Crippen LogP) is 3.20. The van der Waals surface area contributed by atoms with Gasteiger partial charge in [0.15, 0.2) is 5.82 Å². The van der Waals surface area contributed by atoms with E-state index in [1.54, 1.807) is 6.92 Å². The molecule has 1 aliphatic rings. The summed E-state index contributed by atoms with van der Waals surface area (Å²) in [5, 5.41) is 5.23. The van der Waals surface area contributed by atoms with Gasteiger partial charge in [0.2, 0.25) is 11.8 Å². The summed E-state index contributed by atoms with van der Waals surface area (Å²) in [5.74, 6) is 1.70. The minimum atomic E-state index is 0.184. The average molecular weight is 338 g/mol. The van der Waals surface area contributed by atoms with Gasteiger partial charge in [0.1, 0.15) is 0 Å². The van der Waals surface area contributed by atoms with Crippen LogP contribution >= 0.6 is 0 Å². The van der Waals surface area contributed by atoms with Gasteiger partial charge in [0, 0.05) is 49.5 Å². The normalized spacial score (nSPS) is 18.0. The number of aromatic amines is 1. The summed E-state index contributed by atoms with van der Waals surface area (Å²) in [6, 6.07) is 8.20. The highest BCUT2D eigenvalue weighted by Crippen LogP contribution is 2.26. The van der Waals surface area contributed by atoms with E-state index in [4.69, 9.17) is 4.52 Å². The second kappa shape index (κ2) is 6.70.